The number of nitrogens with one attached hydrogen (secondary N) is 1. The van der Waals surface area contributed by atoms with Crippen molar-refractivity contribution in [3.63, 3.8) is 0 Å². The van der Waals surface area contributed by atoms with E-state index in [9.17, 15) is 4.79 Å². The van der Waals surface area contributed by atoms with Gasteiger partial charge in [-0.15, -0.1) is 11.6 Å². The fourth-order valence-electron chi connectivity index (χ4n) is 1.60. The van der Waals surface area contributed by atoms with Gasteiger partial charge in [-0.1, -0.05) is 30.3 Å². The second-order valence-electron chi connectivity index (χ2n) is 3.99. The third kappa shape index (κ3) is 3.11. The van der Waals surface area contributed by atoms with Gasteiger partial charge < -0.3 is 5.32 Å². The molecule has 5 heteroatoms. The number of alkyl halides is 1. The minimum absolute atomic E-state index is 0.162. The Kier molecular flexibility index (Phi) is 3.99. The number of hydrogen-bond donors (Lipinski definition) is 1. The quantitative estimate of drug-likeness (QED) is 0.859. The normalized spacial score (nSPS) is 12.1. The lowest BCUT2D eigenvalue weighted by atomic mass is 10.1. The number of halogens is 1. The fraction of sp³-hybridized carbons (Fsp3) is 0.231. The molecule has 1 N–H and O–H groups in total. The van der Waals surface area contributed by atoms with Crippen LogP contribution in [0.1, 0.15) is 21.3 Å². The summed E-state index contributed by atoms with van der Waals surface area (Å²) >= 11 is 6.21. The van der Waals surface area contributed by atoms with Crippen LogP contribution in [0.15, 0.2) is 42.7 Å². The van der Waals surface area contributed by atoms with Crippen molar-refractivity contribution in [2.75, 3.05) is 6.54 Å². The van der Waals surface area contributed by atoms with Crippen LogP contribution < -0.4 is 5.32 Å². The van der Waals surface area contributed by atoms with E-state index in [1.807, 2.05) is 30.3 Å². The molecule has 0 aliphatic heterocycles. The topological polar surface area (TPSA) is 46.9 Å². The fourth-order valence-corrected chi connectivity index (χ4v) is 1.83. The Balaban J connectivity index is 1.90. The van der Waals surface area contributed by atoms with Crippen LogP contribution in [0.3, 0.4) is 0 Å². The second kappa shape index (κ2) is 5.69. The summed E-state index contributed by atoms with van der Waals surface area (Å²) in [6.07, 6.45) is 3.20. The zero-order valence-corrected chi connectivity index (χ0v) is 10.8. The molecule has 0 fully saturated rings. The summed E-state index contributed by atoms with van der Waals surface area (Å²) in [6, 6.07) is 9.66. The molecule has 0 saturated heterocycles. The Labute approximate surface area is 111 Å². The molecule has 1 heterocycles. The maximum atomic E-state index is 11.8. The molecule has 0 aliphatic carbocycles. The number of hydrogen-bond acceptors (Lipinski definition) is 2. The highest BCUT2D eigenvalue weighted by atomic mass is 35.5. The van der Waals surface area contributed by atoms with Crippen molar-refractivity contribution < 1.29 is 4.79 Å². The molecular formula is C13H14ClN3O. The van der Waals surface area contributed by atoms with Crippen LogP contribution in [-0.4, -0.2) is 22.2 Å². The van der Waals surface area contributed by atoms with Gasteiger partial charge in [0, 0.05) is 19.8 Å². The molecule has 2 aromatic rings. The van der Waals surface area contributed by atoms with E-state index in [2.05, 4.69) is 10.4 Å². The number of benzene rings is 1. The Morgan fingerprint density at radius 1 is 1.44 bits per heavy atom. The van der Waals surface area contributed by atoms with Crippen molar-refractivity contribution >= 4 is 17.5 Å². The van der Waals surface area contributed by atoms with E-state index in [0.717, 1.165) is 5.56 Å². The van der Waals surface area contributed by atoms with Crippen LogP contribution in [0.5, 0.6) is 0 Å². The number of carbonyl (C=O) groups is 1. The maximum absolute atomic E-state index is 11.8. The van der Waals surface area contributed by atoms with Crippen molar-refractivity contribution in [1.29, 1.82) is 0 Å². The molecule has 2 rings (SSSR count). The number of rotatable bonds is 4. The molecule has 4 nitrogen and oxygen atoms in total. The Bertz CT molecular complexity index is 524. The average molecular weight is 264 g/mol. The number of nitrogens with zero attached hydrogens (tertiary/aromatic N) is 2. The van der Waals surface area contributed by atoms with Gasteiger partial charge in [-0.2, -0.15) is 5.10 Å². The van der Waals surface area contributed by atoms with E-state index in [1.165, 1.54) is 6.20 Å². The first-order valence-electron chi connectivity index (χ1n) is 5.62. The second-order valence-corrected chi connectivity index (χ2v) is 4.52. The molecule has 1 aromatic carbocycles. The molecule has 0 radical (unpaired) electrons. The molecule has 0 aliphatic rings. The zero-order chi connectivity index (χ0) is 13.0. The molecule has 94 valence electrons. The molecule has 1 amide bonds. The standard InChI is InChI=1S/C13H14ClN3O/c1-17-9-11(7-16-17)13(18)15-8-12(14)10-5-3-2-4-6-10/h2-7,9,12H,8H2,1H3,(H,15,18). The summed E-state index contributed by atoms with van der Waals surface area (Å²) in [5.74, 6) is -0.162. The number of aryl methyl sites for hydroxylation is 1. The van der Waals surface area contributed by atoms with Crippen LogP contribution in [0.4, 0.5) is 0 Å². The Morgan fingerprint density at radius 2 is 2.17 bits per heavy atom. The summed E-state index contributed by atoms with van der Waals surface area (Å²) < 4.78 is 1.59. The van der Waals surface area contributed by atoms with E-state index in [1.54, 1.807) is 17.9 Å². The van der Waals surface area contributed by atoms with Gasteiger partial charge in [0.05, 0.1) is 17.1 Å². The van der Waals surface area contributed by atoms with Gasteiger partial charge in [-0.05, 0) is 5.56 Å². The zero-order valence-electron chi connectivity index (χ0n) is 10.0. The summed E-state index contributed by atoms with van der Waals surface area (Å²) in [4.78, 5) is 11.8. The van der Waals surface area contributed by atoms with Gasteiger partial charge in [0.15, 0.2) is 0 Å². The first-order chi connectivity index (χ1) is 8.66. The van der Waals surface area contributed by atoms with Crippen molar-refractivity contribution in [2.45, 2.75) is 5.38 Å². The Hall–Kier alpha value is -1.81. The summed E-state index contributed by atoms with van der Waals surface area (Å²) in [7, 11) is 1.77. The lowest BCUT2D eigenvalue weighted by Gasteiger charge is -2.10. The minimum Gasteiger partial charge on any atom is -0.350 e. The molecule has 1 aromatic heterocycles. The van der Waals surface area contributed by atoms with Gasteiger partial charge in [0.2, 0.25) is 0 Å². The molecule has 0 saturated carbocycles. The number of carbonyl (C=O) groups excluding carboxylic acids is 1. The predicted octanol–water partition coefficient (Wildman–Crippen LogP) is 2.13. The van der Waals surface area contributed by atoms with E-state index in [-0.39, 0.29) is 11.3 Å². The molecule has 0 spiro atoms. The minimum atomic E-state index is -0.230. The highest BCUT2D eigenvalue weighted by Gasteiger charge is 2.11. The third-order valence-corrected chi connectivity index (χ3v) is 2.98. The van der Waals surface area contributed by atoms with Crippen molar-refractivity contribution in [2.24, 2.45) is 7.05 Å². The van der Waals surface area contributed by atoms with Gasteiger partial charge in [0.25, 0.3) is 5.91 Å². The summed E-state index contributed by atoms with van der Waals surface area (Å²) in [5.41, 5.74) is 1.53. The molecule has 1 atom stereocenters. The number of aromatic nitrogens is 2. The molecule has 1 unspecified atom stereocenters. The first kappa shape index (κ1) is 12.6. The first-order valence-corrected chi connectivity index (χ1v) is 6.06. The summed E-state index contributed by atoms with van der Waals surface area (Å²) in [5, 5.41) is 6.50. The highest BCUT2D eigenvalue weighted by molar-refractivity contribution is 6.21. The Morgan fingerprint density at radius 3 is 2.78 bits per heavy atom. The van der Waals surface area contributed by atoms with Crippen LogP contribution >= 0.6 is 11.6 Å². The monoisotopic (exact) mass is 263 g/mol. The van der Waals surface area contributed by atoms with Crippen LogP contribution in [0.25, 0.3) is 0 Å². The van der Waals surface area contributed by atoms with Crippen LogP contribution in [-0.2, 0) is 7.05 Å². The lowest BCUT2D eigenvalue weighted by molar-refractivity contribution is 0.0953. The van der Waals surface area contributed by atoms with Crippen molar-refractivity contribution in [1.82, 2.24) is 15.1 Å². The largest absolute Gasteiger partial charge is 0.350 e. The summed E-state index contributed by atoms with van der Waals surface area (Å²) in [6.45, 7) is 0.388. The van der Waals surface area contributed by atoms with E-state index >= 15 is 0 Å². The molecule has 0 bridgehead atoms. The van der Waals surface area contributed by atoms with E-state index < -0.39 is 0 Å². The van der Waals surface area contributed by atoms with Crippen LogP contribution in [0.2, 0.25) is 0 Å². The highest BCUT2D eigenvalue weighted by Crippen LogP contribution is 2.18. The van der Waals surface area contributed by atoms with Crippen LogP contribution in [0, 0.1) is 0 Å². The van der Waals surface area contributed by atoms with Crippen molar-refractivity contribution in [3.8, 4) is 0 Å². The van der Waals surface area contributed by atoms with Gasteiger partial charge in [0.1, 0.15) is 0 Å². The van der Waals surface area contributed by atoms with Crippen molar-refractivity contribution in [3.05, 3.63) is 53.9 Å². The smallest absolute Gasteiger partial charge is 0.254 e. The van der Waals surface area contributed by atoms with E-state index in [0.29, 0.717) is 12.1 Å². The SMILES string of the molecule is Cn1cc(C(=O)NCC(Cl)c2ccccc2)cn1. The van der Waals surface area contributed by atoms with Gasteiger partial charge in [-0.25, -0.2) is 0 Å². The maximum Gasteiger partial charge on any atom is 0.254 e. The predicted molar refractivity (Wildman–Crippen MR) is 70.6 cm³/mol. The van der Waals surface area contributed by atoms with E-state index in [4.69, 9.17) is 11.6 Å². The molecular weight excluding hydrogens is 250 g/mol. The van der Waals surface area contributed by atoms with Gasteiger partial charge in [-0.3, -0.25) is 9.48 Å². The van der Waals surface area contributed by atoms with Gasteiger partial charge >= 0.3 is 0 Å². The third-order valence-electron chi connectivity index (χ3n) is 2.57. The number of amides is 1. The lowest BCUT2D eigenvalue weighted by Crippen LogP contribution is -2.26. The average Bonchev–Trinajstić information content (AvgIpc) is 2.83. The molecule has 18 heavy (non-hydrogen) atoms.